The highest BCUT2D eigenvalue weighted by atomic mass is 16.5. The maximum atomic E-state index is 11.9. The summed E-state index contributed by atoms with van der Waals surface area (Å²) in [6.07, 6.45) is 3.32. The highest BCUT2D eigenvalue weighted by Crippen LogP contribution is 2.04. The lowest BCUT2D eigenvalue weighted by Gasteiger charge is -2.22. The molecular weight excluding hydrogens is 244 g/mol. The van der Waals surface area contributed by atoms with Crippen LogP contribution in [0.2, 0.25) is 0 Å². The molecule has 1 aliphatic rings. The summed E-state index contributed by atoms with van der Waals surface area (Å²) >= 11 is 0. The van der Waals surface area contributed by atoms with Gasteiger partial charge in [0.25, 0.3) is 5.91 Å². The Bertz CT molecular complexity index is 411. The van der Waals surface area contributed by atoms with Crippen LogP contribution in [0.15, 0.2) is 12.4 Å². The zero-order chi connectivity index (χ0) is 13.7. The molecule has 0 saturated carbocycles. The predicted octanol–water partition coefficient (Wildman–Crippen LogP) is 0.144. The van der Waals surface area contributed by atoms with E-state index in [-0.39, 0.29) is 12.0 Å². The van der Waals surface area contributed by atoms with E-state index in [2.05, 4.69) is 34.0 Å². The van der Waals surface area contributed by atoms with Crippen molar-refractivity contribution in [3.8, 4) is 0 Å². The number of nitrogens with one attached hydrogen (secondary N) is 2. The molecule has 1 fully saturated rings. The van der Waals surface area contributed by atoms with Gasteiger partial charge in [0.2, 0.25) is 0 Å². The van der Waals surface area contributed by atoms with Crippen molar-refractivity contribution in [3.05, 3.63) is 18.2 Å². The van der Waals surface area contributed by atoms with E-state index in [9.17, 15) is 4.79 Å². The SMILES string of the molecule is CC(C)Cn1ccnc1CNC(=O)C1CNCCO1. The van der Waals surface area contributed by atoms with E-state index in [0.717, 1.165) is 18.9 Å². The third kappa shape index (κ3) is 4.04. The lowest BCUT2D eigenvalue weighted by atomic mass is 10.2. The Labute approximate surface area is 113 Å². The van der Waals surface area contributed by atoms with E-state index >= 15 is 0 Å². The van der Waals surface area contributed by atoms with Crippen molar-refractivity contribution in [2.75, 3.05) is 19.7 Å². The molecule has 19 heavy (non-hydrogen) atoms. The first-order chi connectivity index (χ1) is 9.16. The van der Waals surface area contributed by atoms with E-state index < -0.39 is 0 Å². The van der Waals surface area contributed by atoms with Gasteiger partial charge >= 0.3 is 0 Å². The lowest BCUT2D eigenvalue weighted by Crippen LogP contribution is -2.47. The van der Waals surface area contributed by atoms with Gasteiger partial charge in [0, 0.05) is 32.0 Å². The van der Waals surface area contributed by atoms with E-state index in [1.54, 1.807) is 6.20 Å². The molecule has 1 aromatic heterocycles. The first-order valence-corrected chi connectivity index (χ1v) is 6.77. The van der Waals surface area contributed by atoms with Crippen molar-refractivity contribution in [3.63, 3.8) is 0 Å². The van der Waals surface area contributed by atoms with Crippen molar-refractivity contribution in [2.45, 2.75) is 33.0 Å². The van der Waals surface area contributed by atoms with Crippen molar-refractivity contribution in [1.82, 2.24) is 20.2 Å². The van der Waals surface area contributed by atoms with Crippen LogP contribution in [-0.4, -0.2) is 41.3 Å². The predicted molar refractivity (Wildman–Crippen MR) is 71.5 cm³/mol. The van der Waals surface area contributed by atoms with Gasteiger partial charge < -0.3 is 19.9 Å². The summed E-state index contributed by atoms with van der Waals surface area (Å²) in [5.74, 6) is 1.35. The number of hydrogen-bond acceptors (Lipinski definition) is 4. The number of rotatable bonds is 5. The summed E-state index contributed by atoms with van der Waals surface area (Å²) in [5, 5.41) is 6.02. The minimum absolute atomic E-state index is 0.0775. The van der Waals surface area contributed by atoms with Crippen LogP contribution >= 0.6 is 0 Å². The highest BCUT2D eigenvalue weighted by Gasteiger charge is 2.21. The summed E-state index contributed by atoms with van der Waals surface area (Å²) < 4.78 is 7.48. The Morgan fingerprint density at radius 3 is 3.21 bits per heavy atom. The molecule has 2 N–H and O–H groups in total. The summed E-state index contributed by atoms with van der Waals surface area (Å²) in [5.41, 5.74) is 0. The van der Waals surface area contributed by atoms with Crippen molar-refractivity contribution in [1.29, 1.82) is 0 Å². The molecule has 0 aromatic carbocycles. The summed E-state index contributed by atoms with van der Waals surface area (Å²) in [6, 6.07) is 0. The molecule has 2 heterocycles. The van der Waals surface area contributed by atoms with Crippen LogP contribution < -0.4 is 10.6 Å². The molecule has 0 spiro atoms. The zero-order valence-electron chi connectivity index (χ0n) is 11.6. The molecule has 0 aliphatic carbocycles. The summed E-state index contributed by atoms with van der Waals surface area (Å²) in [6.45, 7) is 7.63. The first kappa shape index (κ1) is 14.0. The molecule has 2 rings (SSSR count). The fraction of sp³-hybridized carbons (Fsp3) is 0.692. The zero-order valence-corrected chi connectivity index (χ0v) is 11.6. The average molecular weight is 266 g/mol. The number of aromatic nitrogens is 2. The van der Waals surface area contributed by atoms with E-state index in [1.165, 1.54) is 0 Å². The standard InChI is InChI=1S/C13H22N4O2/c1-10(2)9-17-5-3-15-12(17)8-16-13(18)11-7-14-4-6-19-11/h3,5,10-11,14H,4,6-9H2,1-2H3,(H,16,18). The number of amides is 1. The average Bonchev–Trinajstić information content (AvgIpc) is 2.83. The van der Waals surface area contributed by atoms with Crippen LogP contribution in [0, 0.1) is 5.92 Å². The van der Waals surface area contributed by atoms with Gasteiger partial charge in [-0.25, -0.2) is 4.98 Å². The fourth-order valence-corrected chi connectivity index (χ4v) is 2.08. The Kier molecular flexibility index (Phi) is 4.93. The quantitative estimate of drug-likeness (QED) is 0.796. The first-order valence-electron chi connectivity index (χ1n) is 6.77. The Morgan fingerprint density at radius 1 is 1.68 bits per heavy atom. The molecule has 1 saturated heterocycles. The molecular formula is C13H22N4O2. The number of morpholine rings is 1. The molecule has 0 bridgehead atoms. The van der Waals surface area contributed by atoms with Crippen molar-refractivity contribution >= 4 is 5.91 Å². The number of carbonyl (C=O) groups excluding carboxylic acids is 1. The van der Waals surface area contributed by atoms with Gasteiger partial charge in [-0.1, -0.05) is 13.8 Å². The normalized spacial score (nSPS) is 19.6. The van der Waals surface area contributed by atoms with Gasteiger partial charge in [-0.3, -0.25) is 4.79 Å². The van der Waals surface area contributed by atoms with Gasteiger partial charge in [0.05, 0.1) is 13.2 Å². The molecule has 6 heteroatoms. The highest BCUT2D eigenvalue weighted by molar-refractivity contribution is 5.81. The maximum absolute atomic E-state index is 11.9. The number of nitrogens with zero attached hydrogens (tertiary/aromatic N) is 2. The van der Waals surface area contributed by atoms with E-state index in [0.29, 0.717) is 25.6 Å². The molecule has 0 radical (unpaired) electrons. The Balaban J connectivity index is 1.84. The third-order valence-corrected chi connectivity index (χ3v) is 3.00. The van der Waals surface area contributed by atoms with Crippen LogP contribution in [0.25, 0.3) is 0 Å². The van der Waals surface area contributed by atoms with Crippen LogP contribution in [-0.2, 0) is 22.6 Å². The van der Waals surface area contributed by atoms with Crippen LogP contribution in [0.3, 0.4) is 0 Å². The van der Waals surface area contributed by atoms with Crippen molar-refractivity contribution in [2.24, 2.45) is 5.92 Å². The Morgan fingerprint density at radius 2 is 2.53 bits per heavy atom. The van der Waals surface area contributed by atoms with Crippen molar-refractivity contribution < 1.29 is 9.53 Å². The largest absolute Gasteiger partial charge is 0.366 e. The summed E-state index contributed by atoms with van der Waals surface area (Å²) in [7, 11) is 0. The third-order valence-electron chi connectivity index (χ3n) is 3.00. The van der Waals surface area contributed by atoms with Gasteiger partial charge in [-0.2, -0.15) is 0 Å². The Hall–Kier alpha value is -1.40. The van der Waals surface area contributed by atoms with Crippen LogP contribution in [0.5, 0.6) is 0 Å². The van der Waals surface area contributed by atoms with E-state index in [4.69, 9.17) is 4.74 Å². The molecule has 6 nitrogen and oxygen atoms in total. The lowest BCUT2D eigenvalue weighted by molar-refractivity contribution is -0.134. The second kappa shape index (κ2) is 6.68. The molecule has 1 aliphatic heterocycles. The second-order valence-corrected chi connectivity index (χ2v) is 5.17. The minimum Gasteiger partial charge on any atom is -0.366 e. The monoisotopic (exact) mass is 266 g/mol. The smallest absolute Gasteiger partial charge is 0.250 e. The molecule has 1 amide bonds. The number of imidazole rings is 1. The minimum atomic E-state index is -0.387. The van der Waals surface area contributed by atoms with Gasteiger partial charge in [-0.15, -0.1) is 0 Å². The fourth-order valence-electron chi connectivity index (χ4n) is 2.08. The summed E-state index contributed by atoms with van der Waals surface area (Å²) in [4.78, 5) is 16.2. The number of ether oxygens (including phenoxy) is 1. The van der Waals surface area contributed by atoms with E-state index in [1.807, 2.05) is 6.20 Å². The molecule has 1 unspecified atom stereocenters. The molecule has 1 atom stereocenters. The van der Waals surface area contributed by atoms with Crippen LogP contribution in [0.1, 0.15) is 19.7 Å². The molecule has 106 valence electrons. The van der Waals surface area contributed by atoms with Gasteiger partial charge in [-0.05, 0) is 5.92 Å². The maximum Gasteiger partial charge on any atom is 0.250 e. The number of hydrogen-bond donors (Lipinski definition) is 2. The van der Waals surface area contributed by atoms with Gasteiger partial charge in [0.1, 0.15) is 11.9 Å². The second-order valence-electron chi connectivity index (χ2n) is 5.17. The van der Waals surface area contributed by atoms with Gasteiger partial charge in [0.15, 0.2) is 0 Å². The number of carbonyl (C=O) groups is 1. The topological polar surface area (TPSA) is 68.2 Å². The molecule has 1 aromatic rings. The van der Waals surface area contributed by atoms with Crippen LogP contribution in [0.4, 0.5) is 0 Å².